The normalized spacial score (nSPS) is 9.88. The molecule has 3 rings (SSSR count). The summed E-state index contributed by atoms with van der Waals surface area (Å²) in [6, 6.07) is 16.4. The van der Waals surface area contributed by atoms with Crippen molar-refractivity contribution in [3.63, 3.8) is 0 Å². The standard InChI is InChI=1S/C19H21N3O.2ClH/c1-13-18(14-6-4-3-5-7-14)17-12-15(23-2)8-9-16(17)19(22-13)21-11-10-20;;/h3-9,12H,10-11,20H2,1-2H3,(H,21,22);2*1H. The number of pyridine rings is 1. The minimum Gasteiger partial charge on any atom is -0.497 e. The number of nitrogens with two attached hydrogens (primary N) is 1. The predicted molar refractivity (Wildman–Crippen MR) is 111 cm³/mol. The summed E-state index contributed by atoms with van der Waals surface area (Å²) in [6.07, 6.45) is 0. The van der Waals surface area contributed by atoms with E-state index in [1.165, 1.54) is 0 Å². The zero-order valence-electron chi connectivity index (χ0n) is 14.3. The van der Waals surface area contributed by atoms with Crippen LogP contribution in [0.25, 0.3) is 21.9 Å². The summed E-state index contributed by atoms with van der Waals surface area (Å²) in [5.74, 6) is 1.70. The van der Waals surface area contributed by atoms with Gasteiger partial charge in [-0.05, 0) is 36.1 Å². The Morgan fingerprint density at radius 3 is 2.40 bits per heavy atom. The Morgan fingerprint density at radius 2 is 1.76 bits per heavy atom. The zero-order valence-corrected chi connectivity index (χ0v) is 15.9. The van der Waals surface area contributed by atoms with Gasteiger partial charge >= 0.3 is 0 Å². The molecular weight excluding hydrogens is 357 g/mol. The molecule has 25 heavy (non-hydrogen) atoms. The zero-order chi connectivity index (χ0) is 16.2. The minimum absolute atomic E-state index is 0. The molecule has 3 aromatic rings. The highest BCUT2D eigenvalue weighted by Crippen LogP contribution is 2.36. The number of aromatic nitrogens is 1. The number of ether oxygens (including phenoxy) is 1. The maximum absolute atomic E-state index is 5.61. The molecule has 0 aliphatic rings. The highest BCUT2D eigenvalue weighted by atomic mass is 35.5. The Bertz CT molecular complexity index is 826. The molecular formula is C19H23Cl2N3O. The number of benzene rings is 2. The molecule has 0 fully saturated rings. The van der Waals surface area contributed by atoms with Crippen molar-refractivity contribution in [3.05, 3.63) is 54.2 Å². The highest BCUT2D eigenvalue weighted by Gasteiger charge is 2.13. The smallest absolute Gasteiger partial charge is 0.134 e. The molecule has 0 bridgehead atoms. The first-order valence-corrected chi connectivity index (χ1v) is 7.72. The summed E-state index contributed by atoms with van der Waals surface area (Å²) in [5, 5.41) is 5.52. The average Bonchev–Trinajstić information content (AvgIpc) is 2.59. The fraction of sp³-hybridized carbons (Fsp3) is 0.211. The van der Waals surface area contributed by atoms with E-state index < -0.39 is 0 Å². The number of halogens is 2. The van der Waals surface area contributed by atoms with Gasteiger partial charge in [0.1, 0.15) is 11.6 Å². The lowest BCUT2D eigenvalue weighted by atomic mass is 9.97. The van der Waals surface area contributed by atoms with E-state index in [1.54, 1.807) is 7.11 Å². The largest absolute Gasteiger partial charge is 0.497 e. The molecule has 0 unspecified atom stereocenters. The summed E-state index contributed by atoms with van der Waals surface area (Å²) >= 11 is 0. The van der Waals surface area contributed by atoms with Crippen molar-refractivity contribution in [2.45, 2.75) is 6.92 Å². The highest BCUT2D eigenvalue weighted by molar-refractivity contribution is 6.03. The third-order valence-electron chi connectivity index (χ3n) is 3.89. The van der Waals surface area contributed by atoms with Gasteiger partial charge in [0, 0.05) is 29.7 Å². The maximum Gasteiger partial charge on any atom is 0.134 e. The van der Waals surface area contributed by atoms with E-state index in [1.807, 2.05) is 37.3 Å². The monoisotopic (exact) mass is 379 g/mol. The molecule has 0 atom stereocenters. The van der Waals surface area contributed by atoms with Gasteiger partial charge in [0.2, 0.25) is 0 Å². The van der Waals surface area contributed by atoms with Gasteiger partial charge in [-0.1, -0.05) is 30.3 Å². The number of anilines is 1. The summed E-state index contributed by atoms with van der Waals surface area (Å²) in [7, 11) is 1.69. The Hall–Kier alpha value is -2.01. The van der Waals surface area contributed by atoms with Crippen molar-refractivity contribution in [2.24, 2.45) is 5.73 Å². The lowest BCUT2D eigenvalue weighted by Crippen LogP contribution is -2.14. The van der Waals surface area contributed by atoms with Gasteiger partial charge in [0.25, 0.3) is 0 Å². The third kappa shape index (κ3) is 4.34. The van der Waals surface area contributed by atoms with Gasteiger partial charge in [-0.15, -0.1) is 24.8 Å². The first-order valence-electron chi connectivity index (χ1n) is 7.72. The average molecular weight is 380 g/mol. The van der Waals surface area contributed by atoms with E-state index in [9.17, 15) is 0 Å². The molecule has 0 spiro atoms. The van der Waals surface area contributed by atoms with Crippen molar-refractivity contribution in [3.8, 4) is 16.9 Å². The number of fused-ring (bicyclic) bond motifs is 1. The van der Waals surface area contributed by atoms with Gasteiger partial charge in [-0.3, -0.25) is 0 Å². The van der Waals surface area contributed by atoms with Crippen LogP contribution in [-0.2, 0) is 0 Å². The number of hydrogen-bond donors (Lipinski definition) is 2. The topological polar surface area (TPSA) is 60.2 Å². The number of aryl methyl sites for hydroxylation is 1. The van der Waals surface area contributed by atoms with Gasteiger partial charge < -0.3 is 15.8 Å². The summed E-state index contributed by atoms with van der Waals surface area (Å²) in [4.78, 5) is 4.76. The lowest BCUT2D eigenvalue weighted by molar-refractivity contribution is 0.415. The van der Waals surface area contributed by atoms with Crippen LogP contribution in [0.2, 0.25) is 0 Å². The molecule has 2 aromatic carbocycles. The molecule has 134 valence electrons. The molecule has 4 nitrogen and oxygen atoms in total. The van der Waals surface area contributed by atoms with Crippen molar-refractivity contribution in [1.82, 2.24) is 4.98 Å². The number of nitrogens with zero attached hydrogens (tertiary/aromatic N) is 1. The van der Waals surface area contributed by atoms with E-state index in [4.69, 9.17) is 15.5 Å². The first kappa shape index (κ1) is 21.0. The second kappa shape index (κ2) is 9.47. The molecule has 0 amide bonds. The molecule has 0 saturated heterocycles. The molecule has 0 aliphatic heterocycles. The van der Waals surface area contributed by atoms with Crippen LogP contribution in [0.3, 0.4) is 0 Å². The second-order valence-corrected chi connectivity index (χ2v) is 5.41. The second-order valence-electron chi connectivity index (χ2n) is 5.41. The van der Waals surface area contributed by atoms with E-state index >= 15 is 0 Å². The van der Waals surface area contributed by atoms with Crippen LogP contribution in [0, 0.1) is 6.92 Å². The minimum atomic E-state index is 0. The SMILES string of the molecule is COc1ccc2c(NCCN)nc(C)c(-c3ccccc3)c2c1.Cl.Cl. The summed E-state index contributed by atoms with van der Waals surface area (Å²) < 4.78 is 5.41. The van der Waals surface area contributed by atoms with Crippen molar-refractivity contribution in [1.29, 1.82) is 0 Å². The summed E-state index contributed by atoms with van der Waals surface area (Å²) in [6.45, 7) is 3.30. The first-order chi connectivity index (χ1) is 11.2. The van der Waals surface area contributed by atoms with Crippen LogP contribution >= 0.6 is 24.8 Å². The van der Waals surface area contributed by atoms with Crippen LogP contribution in [0.1, 0.15) is 5.69 Å². The van der Waals surface area contributed by atoms with Gasteiger partial charge in [-0.25, -0.2) is 4.98 Å². The fourth-order valence-electron chi connectivity index (χ4n) is 2.84. The quantitative estimate of drug-likeness (QED) is 0.687. The van der Waals surface area contributed by atoms with E-state index in [-0.39, 0.29) is 24.8 Å². The molecule has 0 saturated carbocycles. The fourth-order valence-corrected chi connectivity index (χ4v) is 2.84. The molecule has 1 aromatic heterocycles. The van der Waals surface area contributed by atoms with Crippen LogP contribution in [-0.4, -0.2) is 25.2 Å². The van der Waals surface area contributed by atoms with Crippen molar-refractivity contribution >= 4 is 41.4 Å². The van der Waals surface area contributed by atoms with E-state index in [0.717, 1.165) is 39.2 Å². The Morgan fingerprint density at radius 1 is 1.04 bits per heavy atom. The molecule has 0 aliphatic carbocycles. The maximum atomic E-state index is 5.61. The van der Waals surface area contributed by atoms with Crippen LogP contribution in [0.5, 0.6) is 5.75 Å². The predicted octanol–water partition coefficient (Wildman–Crippen LogP) is 4.43. The van der Waals surface area contributed by atoms with Gasteiger partial charge in [-0.2, -0.15) is 0 Å². The number of nitrogens with one attached hydrogen (secondary N) is 1. The van der Waals surface area contributed by atoms with Crippen molar-refractivity contribution in [2.75, 3.05) is 25.5 Å². The molecule has 1 heterocycles. The molecule has 6 heteroatoms. The number of methoxy groups -OCH3 is 1. The number of rotatable bonds is 5. The molecule has 3 N–H and O–H groups in total. The van der Waals surface area contributed by atoms with E-state index in [0.29, 0.717) is 13.1 Å². The number of hydrogen-bond acceptors (Lipinski definition) is 4. The molecule has 0 radical (unpaired) electrons. The van der Waals surface area contributed by atoms with Crippen molar-refractivity contribution < 1.29 is 4.74 Å². The van der Waals surface area contributed by atoms with Crippen LogP contribution in [0.4, 0.5) is 5.82 Å². The van der Waals surface area contributed by atoms with E-state index in [2.05, 4.69) is 23.5 Å². The van der Waals surface area contributed by atoms with Crippen LogP contribution in [0.15, 0.2) is 48.5 Å². The Labute approximate surface area is 160 Å². The lowest BCUT2D eigenvalue weighted by Gasteiger charge is -2.16. The van der Waals surface area contributed by atoms with Gasteiger partial charge in [0.05, 0.1) is 7.11 Å². The van der Waals surface area contributed by atoms with Gasteiger partial charge in [0.15, 0.2) is 0 Å². The Kier molecular flexibility index (Phi) is 7.97. The third-order valence-corrected chi connectivity index (χ3v) is 3.89. The Balaban J connectivity index is 0.00000156. The van der Waals surface area contributed by atoms with Crippen LogP contribution < -0.4 is 15.8 Å². The summed E-state index contributed by atoms with van der Waals surface area (Å²) in [5.41, 5.74) is 8.89.